The van der Waals surface area contributed by atoms with Gasteiger partial charge >= 0.3 is 6.18 Å². The standard InChI is InChI=1S/C27H26Cl2F3N3O4S/c1-3-33-26(37)18(2)34(16-19-12-13-21(28)15-24(19)29)25(36)17-35(40(38,39)23-10-5-4-6-11-23)22-9-7-8-20(14-22)27(30,31)32/h4-15,18H,3,16-17H2,1-2H3,(H,33,37)/t18-/m1/s1. The molecule has 0 spiro atoms. The molecule has 0 bridgehead atoms. The first kappa shape index (κ1) is 31.3. The summed E-state index contributed by atoms with van der Waals surface area (Å²) in [7, 11) is -4.51. The lowest BCUT2D eigenvalue weighted by Gasteiger charge is -2.32. The second-order valence-corrected chi connectivity index (χ2v) is 11.4. The zero-order chi connectivity index (χ0) is 29.7. The van der Waals surface area contributed by atoms with E-state index in [9.17, 15) is 31.2 Å². The molecule has 2 amide bonds. The molecule has 0 aliphatic rings. The number of benzene rings is 3. The summed E-state index contributed by atoms with van der Waals surface area (Å²) in [6.45, 7) is 2.32. The molecule has 0 aliphatic heterocycles. The molecule has 1 N–H and O–H groups in total. The molecule has 0 fully saturated rings. The number of nitrogens with zero attached hydrogens (tertiary/aromatic N) is 2. The van der Waals surface area contributed by atoms with Crippen LogP contribution in [0.5, 0.6) is 0 Å². The van der Waals surface area contributed by atoms with Crippen molar-refractivity contribution in [3.63, 3.8) is 0 Å². The topological polar surface area (TPSA) is 86.8 Å². The van der Waals surface area contributed by atoms with Gasteiger partial charge in [-0.05, 0) is 61.9 Å². The van der Waals surface area contributed by atoms with Crippen LogP contribution in [0, 0.1) is 0 Å². The molecule has 3 aromatic rings. The largest absolute Gasteiger partial charge is 0.416 e. The Bertz CT molecular complexity index is 1470. The van der Waals surface area contributed by atoms with Gasteiger partial charge in [-0.2, -0.15) is 13.2 Å². The molecule has 0 unspecified atom stereocenters. The number of carbonyl (C=O) groups excluding carboxylic acids is 2. The first-order valence-corrected chi connectivity index (χ1v) is 14.2. The molecule has 0 heterocycles. The van der Waals surface area contributed by atoms with Gasteiger partial charge in [0.15, 0.2) is 0 Å². The monoisotopic (exact) mass is 615 g/mol. The molecule has 0 saturated heterocycles. The molecule has 3 aromatic carbocycles. The summed E-state index contributed by atoms with van der Waals surface area (Å²) in [4.78, 5) is 27.4. The number of hydrogen-bond acceptors (Lipinski definition) is 4. The van der Waals surface area contributed by atoms with Crippen molar-refractivity contribution in [2.45, 2.75) is 37.5 Å². The van der Waals surface area contributed by atoms with Gasteiger partial charge in [-0.15, -0.1) is 0 Å². The van der Waals surface area contributed by atoms with E-state index in [1.54, 1.807) is 19.1 Å². The normalized spacial score (nSPS) is 12.5. The highest BCUT2D eigenvalue weighted by molar-refractivity contribution is 7.92. The average molecular weight is 616 g/mol. The third-order valence-electron chi connectivity index (χ3n) is 5.95. The van der Waals surface area contributed by atoms with E-state index in [2.05, 4.69) is 5.32 Å². The number of amides is 2. The minimum atomic E-state index is -4.76. The van der Waals surface area contributed by atoms with Crippen molar-refractivity contribution in [1.29, 1.82) is 0 Å². The van der Waals surface area contributed by atoms with E-state index in [1.807, 2.05) is 0 Å². The molecule has 0 aromatic heterocycles. The first-order valence-electron chi connectivity index (χ1n) is 12.0. The van der Waals surface area contributed by atoms with Crippen LogP contribution in [0.25, 0.3) is 0 Å². The molecule has 0 radical (unpaired) electrons. The van der Waals surface area contributed by atoms with Gasteiger partial charge in [-0.25, -0.2) is 8.42 Å². The van der Waals surface area contributed by atoms with Crippen LogP contribution in [0.3, 0.4) is 0 Å². The van der Waals surface area contributed by atoms with E-state index < -0.39 is 46.2 Å². The lowest BCUT2D eigenvalue weighted by molar-refractivity contribution is -0.139. The Hall–Kier alpha value is -3.28. The zero-order valence-electron chi connectivity index (χ0n) is 21.5. The maximum absolute atomic E-state index is 13.8. The Kier molecular flexibility index (Phi) is 10.1. The summed E-state index contributed by atoms with van der Waals surface area (Å²) in [6.07, 6.45) is -4.76. The van der Waals surface area contributed by atoms with E-state index in [0.717, 1.165) is 23.1 Å². The van der Waals surface area contributed by atoms with Gasteiger partial charge in [-0.1, -0.05) is 53.5 Å². The Morgan fingerprint density at radius 1 is 0.975 bits per heavy atom. The molecule has 13 heteroatoms. The fraction of sp³-hybridized carbons (Fsp3) is 0.259. The van der Waals surface area contributed by atoms with Crippen LogP contribution in [0.4, 0.5) is 18.9 Å². The van der Waals surface area contributed by atoms with Crippen molar-refractivity contribution in [2.75, 3.05) is 17.4 Å². The molecule has 7 nitrogen and oxygen atoms in total. The molecular formula is C27H26Cl2F3N3O4S. The third-order valence-corrected chi connectivity index (χ3v) is 8.32. The van der Waals surface area contributed by atoms with Crippen LogP contribution in [-0.4, -0.2) is 44.3 Å². The predicted octanol–water partition coefficient (Wildman–Crippen LogP) is 5.76. The van der Waals surface area contributed by atoms with Crippen LogP contribution in [0.15, 0.2) is 77.7 Å². The summed E-state index contributed by atoms with van der Waals surface area (Å²) >= 11 is 12.3. The van der Waals surface area contributed by atoms with Crippen molar-refractivity contribution in [1.82, 2.24) is 10.2 Å². The summed E-state index contributed by atoms with van der Waals surface area (Å²) in [5, 5.41) is 3.16. The van der Waals surface area contributed by atoms with Crippen molar-refractivity contribution in [2.24, 2.45) is 0 Å². The number of likely N-dealkylation sites (N-methyl/N-ethyl adjacent to an activating group) is 1. The summed E-state index contributed by atoms with van der Waals surface area (Å²) in [5.74, 6) is -1.36. The van der Waals surface area contributed by atoms with Crippen molar-refractivity contribution in [3.8, 4) is 0 Å². The Morgan fingerprint density at radius 2 is 1.65 bits per heavy atom. The summed E-state index contributed by atoms with van der Waals surface area (Å²) in [5.41, 5.74) is -1.04. The Balaban J connectivity index is 2.10. The Labute approximate surface area is 240 Å². The van der Waals surface area contributed by atoms with E-state index in [0.29, 0.717) is 21.0 Å². The number of sulfonamides is 1. The quantitative estimate of drug-likeness (QED) is 0.314. The van der Waals surface area contributed by atoms with Gasteiger partial charge in [0.1, 0.15) is 12.6 Å². The van der Waals surface area contributed by atoms with Gasteiger partial charge < -0.3 is 10.2 Å². The first-order chi connectivity index (χ1) is 18.8. The van der Waals surface area contributed by atoms with Crippen LogP contribution in [0.2, 0.25) is 10.0 Å². The number of rotatable bonds is 10. The van der Waals surface area contributed by atoms with E-state index in [-0.39, 0.29) is 28.7 Å². The number of halogens is 5. The van der Waals surface area contributed by atoms with Gasteiger partial charge in [0.25, 0.3) is 10.0 Å². The highest BCUT2D eigenvalue weighted by atomic mass is 35.5. The molecular weight excluding hydrogens is 590 g/mol. The predicted molar refractivity (Wildman–Crippen MR) is 148 cm³/mol. The van der Waals surface area contributed by atoms with Crippen LogP contribution >= 0.6 is 23.2 Å². The lowest BCUT2D eigenvalue weighted by atomic mass is 10.1. The third kappa shape index (κ3) is 7.47. The molecule has 40 heavy (non-hydrogen) atoms. The minimum absolute atomic E-state index is 0.199. The van der Waals surface area contributed by atoms with E-state index in [4.69, 9.17) is 23.2 Å². The van der Waals surface area contributed by atoms with Crippen LogP contribution < -0.4 is 9.62 Å². The summed E-state index contributed by atoms with van der Waals surface area (Å²) < 4.78 is 68.5. The van der Waals surface area contributed by atoms with E-state index >= 15 is 0 Å². The SMILES string of the molecule is CCNC(=O)[C@@H](C)N(Cc1ccc(Cl)cc1Cl)C(=O)CN(c1cccc(C(F)(F)F)c1)S(=O)(=O)c1ccccc1. The number of nitrogens with one attached hydrogen (secondary N) is 1. The van der Waals surface area contributed by atoms with Crippen molar-refractivity contribution < 1.29 is 31.2 Å². The maximum Gasteiger partial charge on any atom is 0.416 e. The fourth-order valence-electron chi connectivity index (χ4n) is 3.82. The second-order valence-electron chi connectivity index (χ2n) is 8.70. The highest BCUT2D eigenvalue weighted by Crippen LogP contribution is 2.33. The Morgan fingerprint density at radius 3 is 2.25 bits per heavy atom. The fourth-order valence-corrected chi connectivity index (χ4v) is 5.72. The highest BCUT2D eigenvalue weighted by Gasteiger charge is 2.35. The summed E-state index contributed by atoms with van der Waals surface area (Å²) in [6, 6.07) is 14.1. The van der Waals surface area contributed by atoms with Gasteiger partial charge in [0, 0.05) is 23.1 Å². The molecule has 0 saturated carbocycles. The molecule has 0 aliphatic carbocycles. The smallest absolute Gasteiger partial charge is 0.355 e. The number of anilines is 1. The molecule has 1 atom stereocenters. The lowest BCUT2D eigenvalue weighted by Crippen LogP contribution is -2.51. The van der Waals surface area contributed by atoms with Gasteiger partial charge in [0.05, 0.1) is 16.1 Å². The molecule has 214 valence electrons. The van der Waals surface area contributed by atoms with Crippen molar-refractivity contribution in [3.05, 3.63) is 94.0 Å². The minimum Gasteiger partial charge on any atom is -0.355 e. The van der Waals surface area contributed by atoms with Crippen molar-refractivity contribution >= 4 is 50.7 Å². The van der Waals surface area contributed by atoms with Crippen LogP contribution in [0.1, 0.15) is 25.0 Å². The van der Waals surface area contributed by atoms with E-state index in [1.165, 1.54) is 43.3 Å². The van der Waals surface area contributed by atoms with Crippen LogP contribution in [-0.2, 0) is 32.3 Å². The maximum atomic E-state index is 13.8. The molecule has 3 rings (SSSR count). The number of alkyl halides is 3. The van der Waals surface area contributed by atoms with Gasteiger partial charge in [0.2, 0.25) is 11.8 Å². The average Bonchev–Trinajstić information content (AvgIpc) is 2.91. The van der Waals surface area contributed by atoms with Gasteiger partial charge in [-0.3, -0.25) is 13.9 Å². The number of hydrogen-bond donors (Lipinski definition) is 1. The second kappa shape index (κ2) is 12.9. The number of carbonyl (C=O) groups is 2. The zero-order valence-corrected chi connectivity index (χ0v) is 23.8.